The highest BCUT2D eigenvalue weighted by atomic mass is 16.5. The van der Waals surface area contributed by atoms with Crippen molar-refractivity contribution >= 4 is 5.69 Å². The number of rotatable bonds is 6. The molecule has 0 saturated heterocycles. The predicted octanol–water partition coefficient (Wildman–Crippen LogP) is 3.13. The summed E-state index contributed by atoms with van der Waals surface area (Å²) in [6.07, 6.45) is 4.62. The quantitative estimate of drug-likeness (QED) is 0.845. The summed E-state index contributed by atoms with van der Waals surface area (Å²) < 4.78 is 5.57. The number of pyridine rings is 1. The number of hydrogen-bond donors (Lipinski definition) is 1. The number of hydrogen-bond acceptors (Lipinski definition) is 3. The fourth-order valence-electron chi connectivity index (χ4n) is 1.79. The number of ether oxygens (including phenoxy) is 1. The van der Waals surface area contributed by atoms with Gasteiger partial charge in [-0.15, -0.1) is 0 Å². The largest absolute Gasteiger partial charge is 0.492 e. The van der Waals surface area contributed by atoms with Crippen LogP contribution in [0.25, 0.3) is 0 Å². The fraction of sp³-hybridized carbons (Fsp3) is 0.267. The van der Waals surface area contributed by atoms with Gasteiger partial charge in [-0.2, -0.15) is 0 Å². The minimum atomic E-state index is 0.684. The Balaban J connectivity index is 1.90. The number of anilines is 1. The van der Waals surface area contributed by atoms with Crippen molar-refractivity contribution in [2.24, 2.45) is 0 Å². The molecule has 1 N–H and O–H groups in total. The second-order valence-electron chi connectivity index (χ2n) is 3.96. The van der Waals surface area contributed by atoms with Crippen LogP contribution in [0.1, 0.15) is 12.5 Å². The van der Waals surface area contributed by atoms with Gasteiger partial charge < -0.3 is 10.1 Å². The van der Waals surface area contributed by atoms with Crippen LogP contribution in [0.3, 0.4) is 0 Å². The maximum absolute atomic E-state index is 5.57. The lowest BCUT2D eigenvalue weighted by molar-refractivity contribution is 0.341. The van der Waals surface area contributed by atoms with Gasteiger partial charge in [-0.1, -0.05) is 12.1 Å². The second kappa shape index (κ2) is 6.64. The summed E-state index contributed by atoms with van der Waals surface area (Å²) in [5, 5.41) is 3.40. The van der Waals surface area contributed by atoms with Crippen molar-refractivity contribution in [2.75, 3.05) is 18.5 Å². The number of nitrogens with zero attached hydrogens (tertiary/aromatic N) is 1. The van der Waals surface area contributed by atoms with Crippen molar-refractivity contribution in [3.05, 3.63) is 54.4 Å². The van der Waals surface area contributed by atoms with Gasteiger partial charge in [-0.05, 0) is 43.2 Å². The van der Waals surface area contributed by atoms with E-state index in [1.54, 1.807) is 0 Å². The molecule has 0 atom stereocenters. The monoisotopic (exact) mass is 242 g/mol. The molecule has 0 bridgehead atoms. The van der Waals surface area contributed by atoms with Crippen LogP contribution in [0.5, 0.6) is 5.75 Å². The fourth-order valence-corrected chi connectivity index (χ4v) is 1.79. The molecule has 0 aliphatic heterocycles. The Kier molecular flexibility index (Phi) is 4.59. The van der Waals surface area contributed by atoms with Crippen LogP contribution in [-0.4, -0.2) is 18.1 Å². The van der Waals surface area contributed by atoms with Crippen molar-refractivity contribution in [3.8, 4) is 5.75 Å². The van der Waals surface area contributed by atoms with E-state index in [1.165, 1.54) is 5.56 Å². The molecule has 2 rings (SSSR count). The third-order valence-electron chi connectivity index (χ3n) is 2.67. The zero-order valence-corrected chi connectivity index (χ0v) is 10.6. The molecular formula is C15H18N2O. The van der Waals surface area contributed by atoms with E-state index in [0.29, 0.717) is 6.61 Å². The van der Waals surface area contributed by atoms with Gasteiger partial charge in [0, 0.05) is 18.9 Å². The van der Waals surface area contributed by atoms with Gasteiger partial charge in [0.1, 0.15) is 5.75 Å². The molecule has 1 aromatic heterocycles. The highest BCUT2D eigenvalue weighted by Gasteiger charge is 2.01. The third-order valence-corrected chi connectivity index (χ3v) is 2.67. The molecule has 2 aromatic rings. The van der Waals surface area contributed by atoms with Crippen LogP contribution in [0, 0.1) is 0 Å². The van der Waals surface area contributed by atoms with Gasteiger partial charge in [0.2, 0.25) is 0 Å². The van der Waals surface area contributed by atoms with E-state index < -0.39 is 0 Å². The standard InChI is InChI=1S/C15H18N2O/c1-2-18-15-6-4-3-5-14(15)17-12-9-13-7-10-16-11-8-13/h3-8,10-11,17H,2,9,12H2,1H3. The van der Waals surface area contributed by atoms with Crippen LogP contribution in [0.2, 0.25) is 0 Å². The summed E-state index contributed by atoms with van der Waals surface area (Å²) in [4.78, 5) is 4.01. The Morgan fingerprint density at radius 3 is 2.67 bits per heavy atom. The first-order valence-corrected chi connectivity index (χ1v) is 6.24. The molecule has 0 radical (unpaired) electrons. The van der Waals surface area contributed by atoms with Gasteiger partial charge in [-0.25, -0.2) is 0 Å². The van der Waals surface area contributed by atoms with Crippen LogP contribution < -0.4 is 10.1 Å². The number of nitrogens with one attached hydrogen (secondary N) is 1. The Morgan fingerprint density at radius 2 is 1.89 bits per heavy atom. The molecule has 0 amide bonds. The first-order chi connectivity index (χ1) is 8.90. The van der Waals surface area contributed by atoms with Gasteiger partial charge in [0.05, 0.1) is 12.3 Å². The molecule has 0 spiro atoms. The molecule has 0 fully saturated rings. The molecule has 0 aliphatic rings. The van der Waals surface area contributed by atoms with Gasteiger partial charge in [-0.3, -0.25) is 4.98 Å². The van der Waals surface area contributed by atoms with Crippen LogP contribution >= 0.6 is 0 Å². The summed E-state index contributed by atoms with van der Waals surface area (Å²) >= 11 is 0. The second-order valence-corrected chi connectivity index (χ2v) is 3.96. The SMILES string of the molecule is CCOc1ccccc1NCCc1ccncc1. The molecule has 1 aromatic carbocycles. The highest BCUT2D eigenvalue weighted by molar-refractivity contribution is 5.56. The van der Waals surface area contributed by atoms with Gasteiger partial charge in [0.25, 0.3) is 0 Å². The molecule has 3 nitrogen and oxygen atoms in total. The first-order valence-electron chi connectivity index (χ1n) is 6.24. The van der Waals surface area contributed by atoms with E-state index in [1.807, 2.05) is 55.7 Å². The normalized spacial score (nSPS) is 10.1. The van der Waals surface area contributed by atoms with E-state index in [9.17, 15) is 0 Å². The summed E-state index contributed by atoms with van der Waals surface area (Å²) in [7, 11) is 0. The minimum absolute atomic E-state index is 0.684. The smallest absolute Gasteiger partial charge is 0.142 e. The predicted molar refractivity (Wildman–Crippen MR) is 74.0 cm³/mol. The highest BCUT2D eigenvalue weighted by Crippen LogP contribution is 2.23. The summed E-state index contributed by atoms with van der Waals surface area (Å²) in [6.45, 7) is 3.56. The summed E-state index contributed by atoms with van der Waals surface area (Å²) in [5.41, 5.74) is 2.33. The topological polar surface area (TPSA) is 34.1 Å². The van der Waals surface area contributed by atoms with E-state index in [4.69, 9.17) is 4.74 Å². The lowest BCUT2D eigenvalue weighted by Crippen LogP contribution is -2.06. The number of benzene rings is 1. The Hall–Kier alpha value is -2.03. The average Bonchev–Trinajstić information content (AvgIpc) is 2.42. The molecule has 1 heterocycles. The third kappa shape index (κ3) is 3.48. The lowest BCUT2D eigenvalue weighted by atomic mass is 10.2. The molecular weight excluding hydrogens is 224 g/mol. The van der Waals surface area contributed by atoms with Crippen LogP contribution in [-0.2, 0) is 6.42 Å². The van der Waals surface area contributed by atoms with Crippen molar-refractivity contribution < 1.29 is 4.74 Å². The molecule has 0 unspecified atom stereocenters. The maximum atomic E-state index is 5.57. The Bertz CT molecular complexity index is 471. The van der Waals surface area contributed by atoms with Crippen molar-refractivity contribution in [1.29, 1.82) is 0 Å². The van der Waals surface area contributed by atoms with Gasteiger partial charge >= 0.3 is 0 Å². The number of aromatic nitrogens is 1. The zero-order chi connectivity index (χ0) is 12.6. The molecule has 3 heteroatoms. The molecule has 0 saturated carbocycles. The van der Waals surface area contributed by atoms with E-state index in [0.717, 1.165) is 24.4 Å². The van der Waals surface area contributed by atoms with E-state index in [2.05, 4.69) is 10.3 Å². The van der Waals surface area contributed by atoms with Crippen molar-refractivity contribution in [2.45, 2.75) is 13.3 Å². The number of para-hydroxylation sites is 2. The Morgan fingerprint density at radius 1 is 1.11 bits per heavy atom. The molecule has 18 heavy (non-hydrogen) atoms. The Labute approximate surface area is 108 Å². The molecule has 94 valence electrons. The zero-order valence-electron chi connectivity index (χ0n) is 10.6. The summed E-state index contributed by atoms with van der Waals surface area (Å²) in [5.74, 6) is 0.912. The van der Waals surface area contributed by atoms with Crippen LogP contribution in [0.15, 0.2) is 48.8 Å². The van der Waals surface area contributed by atoms with E-state index >= 15 is 0 Å². The van der Waals surface area contributed by atoms with Crippen molar-refractivity contribution in [1.82, 2.24) is 4.98 Å². The first kappa shape index (κ1) is 12.4. The van der Waals surface area contributed by atoms with Crippen molar-refractivity contribution in [3.63, 3.8) is 0 Å². The maximum Gasteiger partial charge on any atom is 0.142 e. The average molecular weight is 242 g/mol. The lowest BCUT2D eigenvalue weighted by Gasteiger charge is -2.11. The van der Waals surface area contributed by atoms with Crippen LogP contribution in [0.4, 0.5) is 5.69 Å². The molecule has 0 aliphatic carbocycles. The minimum Gasteiger partial charge on any atom is -0.492 e. The van der Waals surface area contributed by atoms with Gasteiger partial charge in [0.15, 0.2) is 0 Å². The van der Waals surface area contributed by atoms with E-state index in [-0.39, 0.29) is 0 Å². The summed E-state index contributed by atoms with van der Waals surface area (Å²) in [6, 6.07) is 12.1.